The van der Waals surface area contributed by atoms with Crippen LogP contribution in [0.3, 0.4) is 0 Å². The molecule has 0 saturated heterocycles. The van der Waals surface area contributed by atoms with Gasteiger partial charge in [-0.1, -0.05) is 48.5 Å². The molecule has 0 aliphatic rings. The third-order valence-electron chi connectivity index (χ3n) is 3.59. The number of ketones is 2. The molecule has 0 fully saturated rings. The average Bonchev–Trinajstić information content (AvgIpc) is 2.60. The minimum atomic E-state index is -1.01. The van der Waals surface area contributed by atoms with Crippen LogP contribution in [-0.2, 0) is 0 Å². The summed E-state index contributed by atoms with van der Waals surface area (Å²) in [5.41, 5.74) is 0.810. The molecule has 23 heavy (non-hydrogen) atoms. The Morgan fingerprint density at radius 1 is 0.609 bits per heavy atom. The zero-order valence-corrected chi connectivity index (χ0v) is 12.0. The minimum absolute atomic E-state index is 0.178. The van der Waals surface area contributed by atoms with Crippen molar-refractivity contribution in [2.75, 3.05) is 0 Å². The molecule has 0 atom stereocenters. The molecule has 0 aromatic heterocycles. The van der Waals surface area contributed by atoms with E-state index in [-0.39, 0.29) is 11.1 Å². The number of aromatic carboxylic acids is 1. The normalized spacial score (nSPS) is 10.4. The van der Waals surface area contributed by atoms with Gasteiger partial charge in [-0.15, -0.1) is 0 Å². The molecular weight excluding hydrogens is 292 g/mol. The fraction of sp³-hybridized carbons (Fsp3) is 0. The van der Waals surface area contributed by atoms with Crippen LogP contribution in [-0.4, -0.2) is 22.6 Å². The quantitative estimate of drug-likeness (QED) is 0.590. The highest BCUT2D eigenvalue weighted by molar-refractivity contribution is 6.49. The maximum Gasteiger partial charge on any atom is 0.335 e. The van der Waals surface area contributed by atoms with Gasteiger partial charge < -0.3 is 5.11 Å². The van der Waals surface area contributed by atoms with Crippen LogP contribution in [0.15, 0.2) is 66.7 Å². The summed E-state index contributed by atoms with van der Waals surface area (Å²) in [5, 5.41) is 10.4. The highest BCUT2D eigenvalue weighted by Crippen LogP contribution is 2.19. The second-order valence-electron chi connectivity index (χ2n) is 5.11. The fourth-order valence-corrected chi connectivity index (χ4v) is 2.37. The number of hydrogen-bond donors (Lipinski definition) is 1. The molecule has 0 spiro atoms. The summed E-state index contributed by atoms with van der Waals surface area (Å²) in [5.74, 6) is -2.15. The molecule has 0 aliphatic carbocycles. The smallest absolute Gasteiger partial charge is 0.335 e. The third kappa shape index (κ3) is 2.87. The summed E-state index contributed by atoms with van der Waals surface area (Å²) < 4.78 is 0. The first-order valence-electron chi connectivity index (χ1n) is 6.97. The first kappa shape index (κ1) is 14.7. The Bertz CT molecular complexity index is 927. The topological polar surface area (TPSA) is 71.4 Å². The lowest BCUT2D eigenvalue weighted by molar-refractivity contribution is 0.0697. The lowest BCUT2D eigenvalue weighted by Crippen LogP contribution is -2.14. The molecule has 0 radical (unpaired) electrons. The Morgan fingerprint density at radius 3 is 1.74 bits per heavy atom. The van der Waals surface area contributed by atoms with E-state index in [1.165, 1.54) is 18.2 Å². The highest BCUT2D eigenvalue weighted by Gasteiger charge is 2.18. The van der Waals surface area contributed by atoms with E-state index in [0.717, 1.165) is 0 Å². The molecule has 0 heterocycles. The van der Waals surface area contributed by atoms with Crippen LogP contribution in [0, 0.1) is 0 Å². The second kappa shape index (κ2) is 5.85. The third-order valence-corrected chi connectivity index (χ3v) is 3.59. The molecule has 3 aromatic rings. The number of carbonyl (C=O) groups is 3. The Morgan fingerprint density at radius 2 is 1.13 bits per heavy atom. The van der Waals surface area contributed by atoms with Gasteiger partial charge in [0.1, 0.15) is 0 Å². The number of carbonyl (C=O) groups excluding carboxylic acids is 2. The van der Waals surface area contributed by atoms with E-state index in [4.69, 9.17) is 5.11 Å². The Balaban J connectivity index is 1.97. The van der Waals surface area contributed by atoms with Gasteiger partial charge in [-0.3, -0.25) is 9.59 Å². The number of carboxylic acids is 1. The number of rotatable bonds is 4. The van der Waals surface area contributed by atoms with Gasteiger partial charge in [0.2, 0.25) is 11.6 Å². The molecule has 0 aliphatic heterocycles. The number of fused-ring (bicyclic) bond motifs is 1. The predicted octanol–water partition coefficient (Wildman–Crippen LogP) is 3.60. The Hall–Kier alpha value is -3.27. The molecule has 3 rings (SSSR count). The van der Waals surface area contributed by atoms with Crippen LogP contribution >= 0.6 is 0 Å². The fourth-order valence-electron chi connectivity index (χ4n) is 2.37. The first-order chi connectivity index (χ1) is 11.1. The van der Waals surface area contributed by atoms with Crippen molar-refractivity contribution < 1.29 is 19.5 Å². The zero-order valence-electron chi connectivity index (χ0n) is 12.0. The lowest BCUT2D eigenvalue weighted by atomic mass is 9.98. The standard InChI is InChI=1S/C19H12O4/c20-17(12-4-2-1-3-5-12)18(21)15-8-6-14-11-16(19(22)23)9-7-13(14)10-15/h1-11H,(H,22,23). The van der Waals surface area contributed by atoms with Crippen molar-refractivity contribution in [2.45, 2.75) is 0 Å². The van der Waals surface area contributed by atoms with E-state index in [1.807, 2.05) is 0 Å². The van der Waals surface area contributed by atoms with Crippen molar-refractivity contribution in [1.82, 2.24) is 0 Å². The van der Waals surface area contributed by atoms with Gasteiger partial charge in [0, 0.05) is 11.1 Å². The summed E-state index contributed by atoms with van der Waals surface area (Å²) >= 11 is 0. The van der Waals surface area contributed by atoms with Crippen molar-refractivity contribution in [3.05, 3.63) is 83.4 Å². The molecule has 1 N–H and O–H groups in total. The monoisotopic (exact) mass is 304 g/mol. The molecule has 112 valence electrons. The Kier molecular flexibility index (Phi) is 3.73. The molecular formula is C19H12O4. The number of hydrogen-bond acceptors (Lipinski definition) is 3. The molecule has 0 bridgehead atoms. The number of Topliss-reactive ketones (excluding diaryl/α,β-unsaturated/α-hetero) is 2. The van der Waals surface area contributed by atoms with Crippen molar-refractivity contribution in [2.24, 2.45) is 0 Å². The van der Waals surface area contributed by atoms with Crippen molar-refractivity contribution >= 4 is 28.3 Å². The summed E-state index contributed by atoms with van der Waals surface area (Å²) in [7, 11) is 0. The van der Waals surface area contributed by atoms with Crippen LogP contribution < -0.4 is 0 Å². The predicted molar refractivity (Wildman–Crippen MR) is 86.0 cm³/mol. The van der Waals surface area contributed by atoms with Gasteiger partial charge >= 0.3 is 5.97 Å². The highest BCUT2D eigenvalue weighted by atomic mass is 16.4. The summed E-state index contributed by atoms with van der Waals surface area (Å²) in [6.45, 7) is 0. The number of benzene rings is 3. The van der Waals surface area contributed by atoms with E-state index in [0.29, 0.717) is 16.3 Å². The SMILES string of the molecule is O=C(O)c1ccc2cc(C(=O)C(=O)c3ccccc3)ccc2c1. The largest absolute Gasteiger partial charge is 0.478 e. The van der Waals surface area contributed by atoms with Gasteiger partial charge in [-0.2, -0.15) is 0 Å². The molecule has 0 unspecified atom stereocenters. The minimum Gasteiger partial charge on any atom is -0.478 e. The molecule has 4 nitrogen and oxygen atoms in total. The molecule has 0 saturated carbocycles. The summed E-state index contributed by atoms with van der Waals surface area (Å²) in [4.78, 5) is 35.5. The van der Waals surface area contributed by atoms with Gasteiger partial charge in [0.15, 0.2) is 0 Å². The van der Waals surface area contributed by atoms with Crippen molar-refractivity contribution in [1.29, 1.82) is 0 Å². The van der Waals surface area contributed by atoms with Crippen LogP contribution in [0.2, 0.25) is 0 Å². The molecule has 4 heteroatoms. The maximum atomic E-state index is 12.3. The zero-order chi connectivity index (χ0) is 16.4. The van der Waals surface area contributed by atoms with Crippen LogP contribution in [0.25, 0.3) is 10.8 Å². The molecule has 3 aromatic carbocycles. The van der Waals surface area contributed by atoms with E-state index in [2.05, 4.69) is 0 Å². The van der Waals surface area contributed by atoms with E-state index in [9.17, 15) is 14.4 Å². The second-order valence-corrected chi connectivity index (χ2v) is 5.11. The van der Waals surface area contributed by atoms with Crippen LogP contribution in [0.4, 0.5) is 0 Å². The van der Waals surface area contributed by atoms with Crippen molar-refractivity contribution in [3.63, 3.8) is 0 Å². The van der Waals surface area contributed by atoms with Gasteiger partial charge in [-0.25, -0.2) is 4.79 Å². The van der Waals surface area contributed by atoms with E-state index >= 15 is 0 Å². The summed E-state index contributed by atoms with van der Waals surface area (Å²) in [6.07, 6.45) is 0. The lowest BCUT2D eigenvalue weighted by Gasteiger charge is -2.04. The molecule has 0 amide bonds. The number of carboxylic acid groups (broad SMARTS) is 1. The van der Waals surface area contributed by atoms with Gasteiger partial charge in [-0.05, 0) is 29.0 Å². The first-order valence-corrected chi connectivity index (χ1v) is 6.97. The van der Waals surface area contributed by atoms with E-state index in [1.54, 1.807) is 48.5 Å². The van der Waals surface area contributed by atoms with Crippen LogP contribution in [0.1, 0.15) is 31.1 Å². The Labute approximate surface area is 132 Å². The summed E-state index contributed by atoms with van der Waals surface area (Å²) in [6, 6.07) is 17.8. The van der Waals surface area contributed by atoms with Gasteiger partial charge in [0.25, 0.3) is 0 Å². The van der Waals surface area contributed by atoms with Crippen LogP contribution in [0.5, 0.6) is 0 Å². The van der Waals surface area contributed by atoms with Gasteiger partial charge in [0.05, 0.1) is 5.56 Å². The van der Waals surface area contributed by atoms with E-state index < -0.39 is 17.5 Å². The maximum absolute atomic E-state index is 12.3. The average molecular weight is 304 g/mol. The van der Waals surface area contributed by atoms with Crippen molar-refractivity contribution in [3.8, 4) is 0 Å².